The van der Waals surface area contributed by atoms with Gasteiger partial charge in [0, 0.05) is 25.3 Å². The van der Waals surface area contributed by atoms with Crippen LogP contribution in [0.1, 0.15) is 19.4 Å². The first-order chi connectivity index (χ1) is 12.4. The molecule has 0 radical (unpaired) electrons. The van der Waals surface area contributed by atoms with Gasteiger partial charge in [0.1, 0.15) is 0 Å². The molecule has 0 fully saturated rings. The average molecular weight is 396 g/mol. The van der Waals surface area contributed by atoms with Gasteiger partial charge in [0.05, 0.1) is 11.4 Å². The largest absolute Gasteiger partial charge is 0.325 e. The maximum Gasteiger partial charge on any atom is 0.243 e. The highest BCUT2D eigenvalue weighted by Gasteiger charge is 2.21. The number of carbonyl (C=O) groups excluding carboxylic acids is 1. The summed E-state index contributed by atoms with van der Waals surface area (Å²) >= 11 is 1.62. The highest BCUT2D eigenvalue weighted by molar-refractivity contribution is 7.89. The highest BCUT2D eigenvalue weighted by Crippen LogP contribution is 2.19. The van der Waals surface area contributed by atoms with Crippen LogP contribution in [-0.4, -0.2) is 50.2 Å². The van der Waals surface area contributed by atoms with Gasteiger partial charge in [-0.15, -0.1) is 0 Å². The van der Waals surface area contributed by atoms with Crippen LogP contribution in [0.4, 0.5) is 5.69 Å². The molecule has 1 aromatic carbocycles. The number of anilines is 1. The monoisotopic (exact) mass is 395 g/mol. The molecule has 1 heterocycles. The van der Waals surface area contributed by atoms with Crippen molar-refractivity contribution < 1.29 is 13.2 Å². The Labute approximate surface area is 159 Å². The normalized spacial score (nSPS) is 11.9. The first-order valence-corrected chi connectivity index (χ1v) is 10.8. The minimum Gasteiger partial charge on any atom is -0.325 e. The van der Waals surface area contributed by atoms with Gasteiger partial charge in [0.25, 0.3) is 0 Å². The summed E-state index contributed by atoms with van der Waals surface area (Å²) in [6.45, 7) is 5.33. The molecule has 8 heteroatoms. The van der Waals surface area contributed by atoms with Crippen molar-refractivity contribution in [2.75, 3.05) is 32.0 Å². The molecule has 0 aliphatic heterocycles. The lowest BCUT2D eigenvalue weighted by molar-refractivity contribution is -0.117. The number of hydrogen-bond acceptors (Lipinski definition) is 5. The molecule has 0 unspecified atom stereocenters. The van der Waals surface area contributed by atoms with Gasteiger partial charge in [-0.25, -0.2) is 8.42 Å². The van der Waals surface area contributed by atoms with E-state index in [4.69, 9.17) is 0 Å². The fourth-order valence-corrected chi connectivity index (χ4v) is 4.81. The van der Waals surface area contributed by atoms with E-state index in [2.05, 4.69) is 10.7 Å². The zero-order valence-corrected chi connectivity index (χ0v) is 16.9. The van der Waals surface area contributed by atoms with Gasteiger partial charge in [0.15, 0.2) is 0 Å². The lowest BCUT2D eigenvalue weighted by Gasteiger charge is -2.19. The molecular formula is C18H25N3O3S2. The van der Waals surface area contributed by atoms with E-state index in [1.807, 2.05) is 23.4 Å². The molecule has 0 aliphatic carbocycles. The Balaban J connectivity index is 2.02. The van der Waals surface area contributed by atoms with Gasteiger partial charge in [0.2, 0.25) is 15.9 Å². The molecule has 0 spiro atoms. The molecule has 0 saturated heterocycles. The van der Waals surface area contributed by atoms with Crippen molar-refractivity contribution in [3.05, 3.63) is 46.7 Å². The fraction of sp³-hybridized carbons (Fsp3) is 0.389. The summed E-state index contributed by atoms with van der Waals surface area (Å²) in [5.41, 5.74) is 1.64. The first-order valence-electron chi connectivity index (χ1n) is 8.46. The minimum absolute atomic E-state index is 0.180. The van der Waals surface area contributed by atoms with E-state index in [0.717, 1.165) is 5.56 Å². The number of nitrogens with zero attached hydrogens (tertiary/aromatic N) is 2. The average Bonchev–Trinajstić information content (AvgIpc) is 3.08. The molecular weight excluding hydrogens is 370 g/mol. The maximum atomic E-state index is 12.6. The van der Waals surface area contributed by atoms with E-state index in [0.29, 0.717) is 25.3 Å². The number of hydrogen-bond donors (Lipinski definition) is 1. The van der Waals surface area contributed by atoms with Crippen LogP contribution in [-0.2, 0) is 21.4 Å². The van der Waals surface area contributed by atoms with Crippen molar-refractivity contribution in [1.82, 2.24) is 9.21 Å². The number of amides is 1. The van der Waals surface area contributed by atoms with Crippen molar-refractivity contribution in [3.8, 4) is 0 Å². The van der Waals surface area contributed by atoms with Crippen molar-refractivity contribution in [1.29, 1.82) is 0 Å². The molecule has 1 N–H and O–H groups in total. The third-order valence-electron chi connectivity index (χ3n) is 3.91. The number of benzene rings is 1. The SMILES string of the molecule is CCN(CC)S(=O)(=O)c1cccc(NC(=O)CN(C)Cc2ccsc2)c1. The Hall–Kier alpha value is -1.74. The lowest BCUT2D eigenvalue weighted by atomic mass is 10.3. The number of nitrogens with one attached hydrogen (secondary N) is 1. The van der Waals surface area contributed by atoms with E-state index in [-0.39, 0.29) is 17.3 Å². The maximum absolute atomic E-state index is 12.6. The molecule has 2 rings (SSSR count). The molecule has 0 bridgehead atoms. The smallest absolute Gasteiger partial charge is 0.243 e. The summed E-state index contributed by atoms with van der Waals surface area (Å²) < 4.78 is 26.6. The van der Waals surface area contributed by atoms with Gasteiger partial charge >= 0.3 is 0 Å². The second-order valence-electron chi connectivity index (χ2n) is 5.97. The lowest BCUT2D eigenvalue weighted by Crippen LogP contribution is -2.31. The van der Waals surface area contributed by atoms with Crippen molar-refractivity contribution in [2.45, 2.75) is 25.3 Å². The topological polar surface area (TPSA) is 69.7 Å². The number of sulfonamides is 1. The Bertz CT molecular complexity index is 816. The number of rotatable bonds is 9. The van der Waals surface area contributed by atoms with Crippen LogP contribution in [0.5, 0.6) is 0 Å². The molecule has 142 valence electrons. The molecule has 0 saturated carbocycles. The van der Waals surface area contributed by atoms with E-state index in [1.165, 1.54) is 10.4 Å². The van der Waals surface area contributed by atoms with Gasteiger partial charge in [-0.05, 0) is 47.6 Å². The Kier molecular flexibility index (Phi) is 7.33. The van der Waals surface area contributed by atoms with Gasteiger partial charge in [-0.3, -0.25) is 9.69 Å². The van der Waals surface area contributed by atoms with Gasteiger partial charge in [-0.2, -0.15) is 15.6 Å². The second-order valence-corrected chi connectivity index (χ2v) is 8.69. The third-order valence-corrected chi connectivity index (χ3v) is 6.69. The predicted octanol–water partition coefficient (Wildman–Crippen LogP) is 2.85. The molecule has 1 amide bonds. The molecule has 6 nitrogen and oxygen atoms in total. The van der Waals surface area contributed by atoms with Crippen LogP contribution >= 0.6 is 11.3 Å². The summed E-state index contributed by atoms with van der Waals surface area (Å²) in [7, 11) is -1.67. The van der Waals surface area contributed by atoms with Crippen LogP contribution in [0.3, 0.4) is 0 Å². The summed E-state index contributed by atoms with van der Waals surface area (Å²) in [5.74, 6) is -0.180. The first kappa shape index (κ1) is 20.6. The molecule has 0 aliphatic rings. The minimum atomic E-state index is -3.54. The molecule has 2 aromatic rings. The number of carbonyl (C=O) groups is 1. The van der Waals surface area contributed by atoms with Crippen LogP contribution in [0, 0.1) is 0 Å². The van der Waals surface area contributed by atoms with Gasteiger partial charge in [-0.1, -0.05) is 19.9 Å². The van der Waals surface area contributed by atoms with Crippen LogP contribution in [0.15, 0.2) is 46.0 Å². The van der Waals surface area contributed by atoms with E-state index in [1.54, 1.807) is 43.4 Å². The van der Waals surface area contributed by atoms with Crippen LogP contribution in [0.25, 0.3) is 0 Å². The van der Waals surface area contributed by atoms with Crippen LogP contribution in [0.2, 0.25) is 0 Å². The third kappa shape index (κ3) is 5.38. The summed E-state index contributed by atoms with van der Waals surface area (Å²) in [4.78, 5) is 14.3. The van der Waals surface area contributed by atoms with Crippen molar-refractivity contribution >= 4 is 33.0 Å². The molecule has 26 heavy (non-hydrogen) atoms. The quantitative estimate of drug-likeness (QED) is 0.709. The number of likely N-dealkylation sites (N-methyl/N-ethyl adjacent to an activating group) is 1. The van der Waals surface area contributed by atoms with Crippen molar-refractivity contribution in [3.63, 3.8) is 0 Å². The van der Waals surface area contributed by atoms with Crippen LogP contribution < -0.4 is 5.32 Å². The predicted molar refractivity (Wildman–Crippen MR) is 106 cm³/mol. The van der Waals surface area contributed by atoms with E-state index < -0.39 is 10.0 Å². The Morgan fingerprint density at radius 1 is 1.19 bits per heavy atom. The summed E-state index contributed by atoms with van der Waals surface area (Å²) in [6, 6.07) is 8.41. The fourth-order valence-electron chi connectivity index (χ4n) is 2.64. The van der Waals surface area contributed by atoms with Crippen molar-refractivity contribution in [2.24, 2.45) is 0 Å². The number of thiophene rings is 1. The Morgan fingerprint density at radius 3 is 2.54 bits per heavy atom. The highest BCUT2D eigenvalue weighted by atomic mass is 32.2. The summed E-state index contributed by atoms with van der Waals surface area (Å²) in [6.07, 6.45) is 0. The van der Waals surface area contributed by atoms with Gasteiger partial charge < -0.3 is 5.32 Å². The Morgan fingerprint density at radius 2 is 1.92 bits per heavy atom. The molecule has 1 aromatic heterocycles. The zero-order valence-electron chi connectivity index (χ0n) is 15.3. The second kappa shape index (κ2) is 9.27. The molecule has 0 atom stereocenters. The zero-order chi connectivity index (χ0) is 19.2. The summed E-state index contributed by atoms with van der Waals surface area (Å²) in [5, 5.41) is 6.84. The standard InChI is InChI=1S/C18H25N3O3S2/c1-4-21(5-2)26(23,24)17-8-6-7-16(11-17)19-18(22)13-20(3)12-15-9-10-25-14-15/h6-11,14H,4-5,12-13H2,1-3H3,(H,19,22). The van der Waals surface area contributed by atoms with E-state index in [9.17, 15) is 13.2 Å². The van der Waals surface area contributed by atoms with E-state index >= 15 is 0 Å².